The van der Waals surface area contributed by atoms with Gasteiger partial charge in [0, 0.05) is 10.0 Å². The molecule has 0 unspecified atom stereocenters. The van der Waals surface area contributed by atoms with Gasteiger partial charge in [-0.1, -0.05) is 0 Å². The van der Waals surface area contributed by atoms with Crippen molar-refractivity contribution in [1.82, 2.24) is 9.97 Å². The van der Waals surface area contributed by atoms with E-state index in [2.05, 4.69) is 25.9 Å². The third-order valence-corrected chi connectivity index (χ3v) is 2.45. The highest BCUT2D eigenvalue weighted by Gasteiger charge is 2.10. The first-order valence-electron chi connectivity index (χ1n) is 3.82. The molecule has 2 rings (SSSR count). The Morgan fingerprint density at radius 1 is 1.21 bits per heavy atom. The van der Waals surface area contributed by atoms with E-state index in [0.29, 0.717) is 15.7 Å². The third kappa shape index (κ3) is 1.55. The van der Waals surface area contributed by atoms with Gasteiger partial charge >= 0.3 is 0 Å². The molecule has 0 saturated carbocycles. The van der Waals surface area contributed by atoms with Crippen LogP contribution in [0.15, 0.2) is 29.1 Å². The molecule has 0 aliphatic carbocycles. The summed E-state index contributed by atoms with van der Waals surface area (Å²) >= 11 is 3.15. The first-order chi connectivity index (χ1) is 6.68. The highest BCUT2D eigenvalue weighted by molar-refractivity contribution is 9.10. The van der Waals surface area contributed by atoms with Crippen molar-refractivity contribution in [2.75, 3.05) is 0 Å². The summed E-state index contributed by atoms with van der Waals surface area (Å²) in [4.78, 5) is 6.61. The standard InChI is InChI=1S/C9H5BrF2N2/c10-6-2-8(12)7(11)1-5(6)9-3-13-4-14-9/h1-4H,(H,13,14). The number of rotatable bonds is 1. The maximum absolute atomic E-state index is 12.9. The molecule has 1 heterocycles. The average molecular weight is 259 g/mol. The van der Waals surface area contributed by atoms with Gasteiger partial charge < -0.3 is 4.98 Å². The van der Waals surface area contributed by atoms with E-state index in [-0.39, 0.29) is 0 Å². The van der Waals surface area contributed by atoms with Gasteiger partial charge in [-0.15, -0.1) is 0 Å². The predicted molar refractivity (Wildman–Crippen MR) is 51.6 cm³/mol. The molecular weight excluding hydrogens is 254 g/mol. The third-order valence-electron chi connectivity index (χ3n) is 1.80. The first-order valence-corrected chi connectivity index (χ1v) is 4.61. The van der Waals surface area contributed by atoms with E-state index in [0.717, 1.165) is 12.1 Å². The summed E-state index contributed by atoms with van der Waals surface area (Å²) in [6.45, 7) is 0. The monoisotopic (exact) mass is 258 g/mol. The molecule has 0 aliphatic heterocycles. The number of halogens is 3. The lowest BCUT2D eigenvalue weighted by molar-refractivity contribution is 0.508. The molecular formula is C9H5BrF2N2. The lowest BCUT2D eigenvalue weighted by Gasteiger charge is -2.02. The molecule has 2 aromatic rings. The SMILES string of the molecule is Fc1cc(Br)c(-c2cnc[nH]2)cc1F. The fourth-order valence-electron chi connectivity index (χ4n) is 1.13. The van der Waals surface area contributed by atoms with Crippen LogP contribution in [-0.4, -0.2) is 9.97 Å². The summed E-state index contributed by atoms with van der Waals surface area (Å²) in [6.07, 6.45) is 3.01. The van der Waals surface area contributed by atoms with Crippen molar-refractivity contribution >= 4 is 15.9 Å². The van der Waals surface area contributed by atoms with Crippen molar-refractivity contribution in [1.29, 1.82) is 0 Å². The van der Waals surface area contributed by atoms with Crippen molar-refractivity contribution in [3.63, 3.8) is 0 Å². The summed E-state index contributed by atoms with van der Waals surface area (Å²) in [5.74, 6) is -1.75. The molecule has 0 atom stereocenters. The lowest BCUT2D eigenvalue weighted by atomic mass is 10.1. The minimum absolute atomic E-state index is 0.487. The topological polar surface area (TPSA) is 28.7 Å². The maximum atomic E-state index is 12.9. The normalized spacial score (nSPS) is 10.5. The summed E-state index contributed by atoms with van der Waals surface area (Å²) in [7, 11) is 0. The van der Waals surface area contributed by atoms with Crippen LogP contribution in [-0.2, 0) is 0 Å². The molecule has 14 heavy (non-hydrogen) atoms. The van der Waals surface area contributed by atoms with E-state index >= 15 is 0 Å². The number of hydrogen-bond donors (Lipinski definition) is 1. The molecule has 0 bridgehead atoms. The van der Waals surface area contributed by atoms with Crippen LogP contribution in [0.2, 0.25) is 0 Å². The van der Waals surface area contributed by atoms with Gasteiger partial charge in [0.25, 0.3) is 0 Å². The van der Waals surface area contributed by atoms with E-state index < -0.39 is 11.6 Å². The Labute approximate surface area is 87.1 Å². The smallest absolute Gasteiger partial charge is 0.159 e. The maximum Gasteiger partial charge on any atom is 0.159 e. The van der Waals surface area contributed by atoms with Crippen LogP contribution < -0.4 is 0 Å². The number of imidazole rings is 1. The van der Waals surface area contributed by atoms with Gasteiger partial charge in [0.2, 0.25) is 0 Å². The van der Waals surface area contributed by atoms with E-state index in [1.807, 2.05) is 0 Å². The molecule has 72 valence electrons. The highest BCUT2D eigenvalue weighted by atomic mass is 79.9. The zero-order valence-electron chi connectivity index (χ0n) is 6.89. The quantitative estimate of drug-likeness (QED) is 0.783. The molecule has 2 nitrogen and oxygen atoms in total. The number of nitrogens with one attached hydrogen (secondary N) is 1. The van der Waals surface area contributed by atoms with Gasteiger partial charge in [-0.3, -0.25) is 0 Å². The Balaban J connectivity index is 2.60. The second kappa shape index (κ2) is 3.49. The Morgan fingerprint density at radius 3 is 2.57 bits per heavy atom. The number of benzene rings is 1. The second-order valence-electron chi connectivity index (χ2n) is 2.71. The molecule has 0 aliphatic rings. The van der Waals surface area contributed by atoms with Crippen LogP contribution in [0.1, 0.15) is 0 Å². The molecule has 0 saturated heterocycles. The molecule has 0 fully saturated rings. The number of aromatic amines is 1. The van der Waals surface area contributed by atoms with E-state index in [9.17, 15) is 8.78 Å². The van der Waals surface area contributed by atoms with E-state index in [1.54, 1.807) is 0 Å². The van der Waals surface area contributed by atoms with Gasteiger partial charge in [0.05, 0.1) is 18.2 Å². The number of nitrogens with zero attached hydrogens (tertiary/aromatic N) is 1. The zero-order chi connectivity index (χ0) is 10.1. The number of hydrogen-bond acceptors (Lipinski definition) is 1. The Morgan fingerprint density at radius 2 is 1.93 bits per heavy atom. The van der Waals surface area contributed by atoms with E-state index in [1.165, 1.54) is 12.5 Å². The average Bonchev–Trinajstić information content (AvgIpc) is 2.64. The van der Waals surface area contributed by atoms with Crippen LogP contribution in [0.25, 0.3) is 11.3 Å². The second-order valence-corrected chi connectivity index (χ2v) is 3.57. The Hall–Kier alpha value is -1.23. The first kappa shape index (κ1) is 9.33. The van der Waals surface area contributed by atoms with Crippen molar-refractivity contribution in [2.45, 2.75) is 0 Å². The predicted octanol–water partition coefficient (Wildman–Crippen LogP) is 3.12. The largest absolute Gasteiger partial charge is 0.345 e. The summed E-state index contributed by atoms with van der Waals surface area (Å²) < 4.78 is 26.2. The molecule has 0 radical (unpaired) electrons. The number of H-pyrrole nitrogens is 1. The Bertz CT molecular complexity index is 454. The van der Waals surface area contributed by atoms with Crippen molar-refractivity contribution in [2.24, 2.45) is 0 Å². The van der Waals surface area contributed by atoms with Gasteiger partial charge in [-0.2, -0.15) is 0 Å². The summed E-state index contributed by atoms with van der Waals surface area (Å²) in [6, 6.07) is 2.21. The van der Waals surface area contributed by atoms with Crippen LogP contribution in [0.4, 0.5) is 8.78 Å². The Kier molecular flexibility index (Phi) is 2.33. The molecule has 5 heteroatoms. The van der Waals surface area contributed by atoms with Gasteiger partial charge in [0.15, 0.2) is 11.6 Å². The zero-order valence-corrected chi connectivity index (χ0v) is 8.48. The fraction of sp³-hybridized carbons (Fsp3) is 0. The van der Waals surface area contributed by atoms with Crippen molar-refractivity contribution < 1.29 is 8.78 Å². The molecule has 1 aromatic heterocycles. The molecule has 1 N–H and O–H groups in total. The minimum Gasteiger partial charge on any atom is -0.345 e. The van der Waals surface area contributed by atoms with Crippen LogP contribution in [0, 0.1) is 11.6 Å². The minimum atomic E-state index is -0.877. The summed E-state index contributed by atoms with van der Waals surface area (Å²) in [5.41, 5.74) is 1.18. The van der Waals surface area contributed by atoms with E-state index in [4.69, 9.17) is 0 Å². The summed E-state index contributed by atoms with van der Waals surface area (Å²) in [5, 5.41) is 0. The molecule has 0 amide bonds. The highest BCUT2D eigenvalue weighted by Crippen LogP contribution is 2.28. The van der Waals surface area contributed by atoms with Crippen LogP contribution in [0.5, 0.6) is 0 Å². The van der Waals surface area contributed by atoms with Crippen molar-refractivity contribution in [3.05, 3.63) is 40.8 Å². The van der Waals surface area contributed by atoms with Crippen molar-refractivity contribution in [3.8, 4) is 11.3 Å². The molecule has 0 spiro atoms. The van der Waals surface area contributed by atoms with Gasteiger partial charge in [0.1, 0.15) is 0 Å². The van der Waals surface area contributed by atoms with Gasteiger partial charge in [-0.05, 0) is 28.1 Å². The fourth-order valence-corrected chi connectivity index (χ4v) is 1.66. The van der Waals surface area contributed by atoms with Gasteiger partial charge in [-0.25, -0.2) is 13.8 Å². The molecule has 1 aromatic carbocycles. The lowest BCUT2D eigenvalue weighted by Crippen LogP contribution is -1.87. The van der Waals surface area contributed by atoms with Crippen LogP contribution in [0.3, 0.4) is 0 Å². The van der Waals surface area contributed by atoms with Crippen LogP contribution >= 0.6 is 15.9 Å². The number of aromatic nitrogens is 2.